The van der Waals surface area contributed by atoms with E-state index >= 15 is 0 Å². The number of hydrogen-bond acceptors (Lipinski definition) is 6. The van der Waals surface area contributed by atoms with Crippen molar-refractivity contribution < 1.29 is 26.8 Å². The Morgan fingerprint density at radius 2 is 1.97 bits per heavy atom. The number of benzene rings is 1. The molecule has 1 N–H and O–H groups in total. The van der Waals surface area contributed by atoms with Crippen LogP contribution in [0.4, 0.5) is 13.9 Å². The van der Waals surface area contributed by atoms with Gasteiger partial charge in [-0.3, -0.25) is 9.59 Å². The van der Waals surface area contributed by atoms with E-state index in [1.54, 1.807) is 5.38 Å². The van der Waals surface area contributed by atoms with E-state index in [1.807, 2.05) is 0 Å². The Kier molecular flexibility index (Phi) is 6.04. The highest BCUT2D eigenvalue weighted by molar-refractivity contribution is 7.90. The topological polar surface area (TPSA) is 99.7 Å². The maximum Gasteiger partial charge on any atom is 0.249 e. The molecule has 2 fully saturated rings. The summed E-state index contributed by atoms with van der Waals surface area (Å²) in [4.78, 5) is 31.0. The number of piperazine rings is 1. The Balaban J connectivity index is 1.58. The monoisotopic (exact) mass is 470 g/mol. The number of carbonyl (C=O) groups is 2. The van der Waals surface area contributed by atoms with Crippen LogP contribution >= 0.6 is 11.3 Å². The number of nitrogens with one attached hydrogen (secondary N) is 1. The van der Waals surface area contributed by atoms with Gasteiger partial charge in [0.05, 0.1) is 11.8 Å². The van der Waals surface area contributed by atoms with Gasteiger partial charge in [0.2, 0.25) is 21.8 Å². The van der Waals surface area contributed by atoms with E-state index < -0.39 is 57.7 Å². The van der Waals surface area contributed by atoms with Crippen molar-refractivity contribution in [2.24, 2.45) is 0 Å². The number of carbonyl (C=O) groups excluding carboxylic acids is 2. The summed E-state index contributed by atoms with van der Waals surface area (Å²) in [5, 5.41) is 4.04. The Morgan fingerprint density at radius 3 is 2.55 bits per heavy atom. The van der Waals surface area contributed by atoms with Crippen LogP contribution in [0, 0.1) is 11.6 Å². The molecular weight excluding hydrogens is 450 g/mol. The average Bonchev–Trinajstić information content (AvgIpc) is 3.47. The largest absolute Gasteiger partial charge is 0.328 e. The summed E-state index contributed by atoms with van der Waals surface area (Å²) in [6.07, 6.45) is 2.24. The number of nitrogens with zero attached hydrogens (tertiary/aromatic N) is 3. The molecule has 2 amide bonds. The highest BCUT2D eigenvalue weighted by Gasteiger charge is 2.44. The van der Waals surface area contributed by atoms with Crippen LogP contribution in [0.2, 0.25) is 0 Å². The SMILES string of the molecule is O=C(Nc1nccs1)C(Cc1c(F)cccc1F)N1CCN(S(=O)(=O)C2CC2)CC1=O. The lowest BCUT2D eigenvalue weighted by Crippen LogP contribution is -2.59. The average molecular weight is 471 g/mol. The minimum Gasteiger partial charge on any atom is -0.328 e. The van der Waals surface area contributed by atoms with Crippen LogP contribution in [0.1, 0.15) is 18.4 Å². The van der Waals surface area contributed by atoms with Crippen molar-refractivity contribution >= 4 is 38.3 Å². The summed E-state index contributed by atoms with van der Waals surface area (Å²) in [6, 6.07) is 2.14. The van der Waals surface area contributed by atoms with Crippen molar-refractivity contribution in [3.05, 3.63) is 47.0 Å². The van der Waals surface area contributed by atoms with E-state index in [2.05, 4.69) is 10.3 Å². The first kappa shape index (κ1) is 21.8. The molecule has 0 bridgehead atoms. The van der Waals surface area contributed by atoms with Gasteiger partial charge in [0.15, 0.2) is 5.13 Å². The van der Waals surface area contributed by atoms with Gasteiger partial charge in [-0.15, -0.1) is 11.3 Å². The van der Waals surface area contributed by atoms with Gasteiger partial charge in [-0.25, -0.2) is 22.2 Å². The zero-order valence-corrected chi connectivity index (χ0v) is 18.0. The molecular formula is C19H20F2N4O4S2. The van der Waals surface area contributed by atoms with E-state index in [9.17, 15) is 26.8 Å². The summed E-state index contributed by atoms with van der Waals surface area (Å²) < 4.78 is 54.6. The molecule has 0 spiro atoms. The molecule has 1 aliphatic heterocycles. The van der Waals surface area contributed by atoms with Crippen LogP contribution in [0.5, 0.6) is 0 Å². The van der Waals surface area contributed by atoms with Gasteiger partial charge in [-0.05, 0) is 25.0 Å². The summed E-state index contributed by atoms with van der Waals surface area (Å²) >= 11 is 1.16. The fourth-order valence-corrected chi connectivity index (χ4v) is 5.84. The van der Waals surface area contributed by atoms with E-state index in [4.69, 9.17) is 0 Å². The van der Waals surface area contributed by atoms with Crippen molar-refractivity contribution in [1.82, 2.24) is 14.2 Å². The minimum atomic E-state index is -3.55. The molecule has 2 aliphatic rings. The van der Waals surface area contributed by atoms with Crippen molar-refractivity contribution in [1.29, 1.82) is 0 Å². The number of aromatic nitrogens is 1. The number of rotatable bonds is 7. The van der Waals surface area contributed by atoms with Gasteiger partial charge >= 0.3 is 0 Å². The third kappa shape index (κ3) is 4.60. The first-order chi connectivity index (χ1) is 14.8. The Hall–Kier alpha value is -2.44. The second-order valence-electron chi connectivity index (χ2n) is 7.41. The number of thiazole rings is 1. The summed E-state index contributed by atoms with van der Waals surface area (Å²) in [5.74, 6) is -2.89. The predicted octanol–water partition coefficient (Wildman–Crippen LogP) is 1.61. The third-order valence-corrected chi connectivity index (χ3v) is 8.36. The second-order valence-corrected chi connectivity index (χ2v) is 10.5. The van der Waals surface area contributed by atoms with Gasteiger partial charge in [0.25, 0.3) is 0 Å². The Bertz CT molecular complexity index is 1070. The Labute approximate surface area is 181 Å². The second kappa shape index (κ2) is 8.60. The van der Waals surface area contributed by atoms with Gasteiger partial charge in [0, 0.05) is 36.7 Å². The molecule has 8 nitrogen and oxygen atoms in total. The van der Waals surface area contributed by atoms with E-state index in [1.165, 1.54) is 17.2 Å². The minimum absolute atomic E-state index is 0.0192. The summed E-state index contributed by atoms with van der Waals surface area (Å²) in [5.41, 5.74) is -0.317. The first-order valence-corrected chi connectivity index (χ1v) is 12.1. The molecule has 12 heteroatoms. The molecule has 31 heavy (non-hydrogen) atoms. The Morgan fingerprint density at radius 1 is 1.26 bits per heavy atom. The zero-order chi connectivity index (χ0) is 22.2. The van der Waals surface area contributed by atoms with Crippen LogP contribution in [0.25, 0.3) is 0 Å². The number of hydrogen-bond donors (Lipinski definition) is 1. The summed E-state index contributed by atoms with van der Waals surface area (Å²) in [7, 11) is -3.55. The molecule has 0 radical (unpaired) electrons. The normalized spacial score (nSPS) is 18.8. The van der Waals surface area contributed by atoms with E-state index in [0.29, 0.717) is 12.8 Å². The molecule has 1 unspecified atom stereocenters. The highest BCUT2D eigenvalue weighted by atomic mass is 32.2. The fourth-order valence-electron chi connectivity index (χ4n) is 3.53. The number of amides is 2. The maximum absolute atomic E-state index is 14.3. The molecule has 2 heterocycles. The van der Waals surface area contributed by atoms with Crippen molar-refractivity contribution in [3.63, 3.8) is 0 Å². The van der Waals surface area contributed by atoms with Gasteiger partial charge in [-0.1, -0.05) is 6.07 Å². The quantitative estimate of drug-likeness (QED) is 0.663. The number of halogens is 2. The first-order valence-electron chi connectivity index (χ1n) is 9.69. The van der Waals surface area contributed by atoms with Crippen molar-refractivity contribution in [2.45, 2.75) is 30.6 Å². The molecule has 1 saturated heterocycles. The lowest BCUT2D eigenvalue weighted by Gasteiger charge is -2.38. The van der Waals surface area contributed by atoms with Crippen LogP contribution < -0.4 is 5.32 Å². The smallest absolute Gasteiger partial charge is 0.249 e. The molecule has 1 saturated carbocycles. The van der Waals surface area contributed by atoms with Crippen LogP contribution in [-0.2, 0) is 26.0 Å². The van der Waals surface area contributed by atoms with Crippen LogP contribution in [0.3, 0.4) is 0 Å². The van der Waals surface area contributed by atoms with Gasteiger partial charge < -0.3 is 10.2 Å². The van der Waals surface area contributed by atoms with Gasteiger partial charge in [0.1, 0.15) is 17.7 Å². The maximum atomic E-state index is 14.3. The van der Waals surface area contributed by atoms with Crippen LogP contribution in [-0.4, -0.2) is 65.3 Å². The summed E-state index contributed by atoms with van der Waals surface area (Å²) in [6.45, 7) is -0.443. The molecule has 166 valence electrons. The molecule has 1 aliphatic carbocycles. The lowest BCUT2D eigenvalue weighted by atomic mass is 10.0. The van der Waals surface area contributed by atoms with Crippen molar-refractivity contribution in [3.8, 4) is 0 Å². The van der Waals surface area contributed by atoms with Crippen molar-refractivity contribution in [2.75, 3.05) is 25.0 Å². The predicted molar refractivity (Wildman–Crippen MR) is 110 cm³/mol. The highest BCUT2D eigenvalue weighted by Crippen LogP contribution is 2.32. The van der Waals surface area contributed by atoms with Crippen LogP contribution in [0.15, 0.2) is 29.8 Å². The van der Waals surface area contributed by atoms with E-state index in [-0.39, 0.29) is 23.8 Å². The number of anilines is 1. The molecule has 1 atom stereocenters. The fraction of sp³-hybridized carbons (Fsp3) is 0.421. The molecule has 4 rings (SSSR count). The molecule has 2 aromatic rings. The zero-order valence-electron chi connectivity index (χ0n) is 16.3. The van der Waals surface area contributed by atoms with Gasteiger partial charge in [-0.2, -0.15) is 4.31 Å². The number of sulfonamides is 1. The molecule has 1 aromatic heterocycles. The standard InChI is InChI=1S/C19H20F2N4O4S2/c20-14-2-1-3-15(21)13(14)10-16(18(27)23-19-22-6-9-30-19)25-8-7-24(11-17(25)26)31(28,29)12-4-5-12/h1-3,6,9,12,16H,4-5,7-8,10-11H2,(H,22,23,27). The van der Waals surface area contributed by atoms with E-state index in [0.717, 1.165) is 27.8 Å². The molecule has 1 aromatic carbocycles. The third-order valence-electron chi connectivity index (χ3n) is 5.33. The lowest BCUT2D eigenvalue weighted by molar-refractivity contribution is -0.141.